The van der Waals surface area contributed by atoms with Crippen molar-refractivity contribution < 1.29 is 22.7 Å². The number of rotatable bonds is 3. The molecular formula is C12H9ClF3NO2. The molecule has 19 heavy (non-hydrogen) atoms. The van der Waals surface area contributed by atoms with Crippen LogP contribution in [-0.4, -0.2) is 13.1 Å². The van der Waals surface area contributed by atoms with Gasteiger partial charge in [0.25, 0.3) is 0 Å². The first-order valence-electron chi connectivity index (χ1n) is 5.09. The van der Waals surface area contributed by atoms with E-state index < -0.39 is 23.3 Å². The van der Waals surface area contributed by atoms with Crippen LogP contribution >= 0.6 is 11.6 Å². The first kappa shape index (κ1) is 15.3. The highest BCUT2D eigenvalue weighted by molar-refractivity contribution is 6.17. The van der Waals surface area contributed by atoms with E-state index in [4.69, 9.17) is 16.9 Å². The van der Waals surface area contributed by atoms with E-state index >= 15 is 0 Å². The van der Waals surface area contributed by atoms with E-state index in [1.807, 2.05) is 0 Å². The maximum atomic E-state index is 12.8. The molecule has 0 radical (unpaired) electrons. The molecule has 0 spiro atoms. The van der Waals surface area contributed by atoms with Gasteiger partial charge in [0.2, 0.25) is 0 Å². The summed E-state index contributed by atoms with van der Waals surface area (Å²) in [7, 11) is 1.14. The molecule has 0 N–H and O–H groups in total. The third kappa shape index (κ3) is 3.61. The SMILES string of the molecule is COC(=O)Cc1cc(C(F)(F)F)c(C#N)cc1CCl. The predicted molar refractivity (Wildman–Crippen MR) is 61.4 cm³/mol. The molecule has 0 aromatic heterocycles. The van der Waals surface area contributed by atoms with Gasteiger partial charge in [0, 0.05) is 5.88 Å². The van der Waals surface area contributed by atoms with Crippen LogP contribution in [0.5, 0.6) is 0 Å². The lowest BCUT2D eigenvalue weighted by Crippen LogP contribution is -2.12. The molecule has 0 atom stereocenters. The fourth-order valence-electron chi connectivity index (χ4n) is 1.53. The summed E-state index contributed by atoms with van der Waals surface area (Å²) in [4.78, 5) is 11.2. The van der Waals surface area contributed by atoms with Crippen LogP contribution in [0.2, 0.25) is 0 Å². The van der Waals surface area contributed by atoms with Crippen molar-refractivity contribution >= 4 is 17.6 Å². The summed E-state index contributed by atoms with van der Waals surface area (Å²) in [6.45, 7) is 0. The van der Waals surface area contributed by atoms with Crippen LogP contribution in [0.15, 0.2) is 12.1 Å². The van der Waals surface area contributed by atoms with E-state index in [2.05, 4.69) is 4.74 Å². The standard InChI is InChI=1S/C12H9ClF3NO2/c1-19-11(18)4-7-3-10(12(14,15)16)9(6-17)2-8(7)5-13/h2-3H,4-5H2,1H3. The fourth-order valence-corrected chi connectivity index (χ4v) is 1.78. The van der Waals surface area contributed by atoms with Gasteiger partial charge >= 0.3 is 12.1 Å². The lowest BCUT2D eigenvalue weighted by molar-refractivity contribution is -0.140. The minimum atomic E-state index is -4.67. The van der Waals surface area contributed by atoms with Crippen LogP contribution in [0.3, 0.4) is 0 Å². The van der Waals surface area contributed by atoms with Gasteiger partial charge in [-0.15, -0.1) is 11.6 Å². The van der Waals surface area contributed by atoms with Gasteiger partial charge in [-0.25, -0.2) is 0 Å². The highest BCUT2D eigenvalue weighted by Gasteiger charge is 2.34. The maximum Gasteiger partial charge on any atom is 0.417 e. The minimum Gasteiger partial charge on any atom is -0.469 e. The van der Waals surface area contributed by atoms with E-state index in [9.17, 15) is 18.0 Å². The maximum absolute atomic E-state index is 12.8. The summed E-state index contributed by atoms with van der Waals surface area (Å²) in [5, 5.41) is 8.74. The summed E-state index contributed by atoms with van der Waals surface area (Å²) in [5.41, 5.74) is -1.19. The van der Waals surface area contributed by atoms with Crippen molar-refractivity contribution in [3.05, 3.63) is 34.4 Å². The Morgan fingerprint density at radius 3 is 2.47 bits per heavy atom. The number of nitriles is 1. The van der Waals surface area contributed by atoms with Crippen molar-refractivity contribution in [3.63, 3.8) is 0 Å². The first-order chi connectivity index (χ1) is 8.83. The molecule has 1 aromatic carbocycles. The van der Waals surface area contributed by atoms with E-state index in [0.717, 1.165) is 19.2 Å². The third-order valence-electron chi connectivity index (χ3n) is 2.47. The zero-order valence-electron chi connectivity index (χ0n) is 9.84. The Labute approximate surface area is 112 Å². The number of alkyl halides is 4. The molecule has 102 valence electrons. The minimum absolute atomic E-state index is 0.0981. The predicted octanol–water partition coefficient (Wildman–Crippen LogP) is 3.03. The molecule has 0 amide bonds. The van der Waals surface area contributed by atoms with Gasteiger partial charge in [0.15, 0.2) is 0 Å². The monoisotopic (exact) mass is 291 g/mol. The Bertz CT molecular complexity index is 535. The second-order valence-corrected chi connectivity index (χ2v) is 3.93. The summed E-state index contributed by atoms with van der Waals surface area (Å²) in [5.74, 6) is -0.775. The first-order valence-corrected chi connectivity index (χ1v) is 5.62. The van der Waals surface area contributed by atoms with Crippen molar-refractivity contribution in [1.82, 2.24) is 0 Å². The molecule has 1 rings (SSSR count). The number of halogens is 4. The number of benzene rings is 1. The van der Waals surface area contributed by atoms with Gasteiger partial charge in [0.05, 0.1) is 30.7 Å². The lowest BCUT2D eigenvalue weighted by Gasteiger charge is -2.13. The normalized spacial score (nSPS) is 10.9. The number of methoxy groups -OCH3 is 1. The zero-order chi connectivity index (χ0) is 14.6. The number of carbonyl (C=O) groups is 1. The average Bonchev–Trinajstić information content (AvgIpc) is 2.36. The summed E-state index contributed by atoms with van der Waals surface area (Å²) in [6, 6.07) is 3.30. The van der Waals surface area contributed by atoms with E-state index in [1.54, 1.807) is 0 Å². The Morgan fingerprint density at radius 1 is 1.42 bits per heavy atom. The second kappa shape index (κ2) is 5.93. The van der Waals surface area contributed by atoms with Gasteiger partial charge in [0.1, 0.15) is 0 Å². The molecule has 0 unspecified atom stereocenters. The number of esters is 1. The number of carbonyl (C=O) groups excluding carboxylic acids is 1. The molecule has 3 nitrogen and oxygen atoms in total. The van der Waals surface area contributed by atoms with E-state index in [0.29, 0.717) is 5.56 Å². The van der Waals surface area contributed by atoms with Crippen LogP contribution in [0.4, 0.5) is 13.2 Å². The number of hydrogen-bond acceptors (Lipinski definition) is 3. The highest BCUT2D eigenvalue weighted by atomic mass is 35.5. The molecule has 0 saturated heterocycles. The van der Waals surface area contributed by atoms with Gasteiger partial charge in [-0.2, -0.15) is 18.4 Å². The molecule has 0 fully saturated rings. The molecule has 0 heterocycles. The Morgan fingerprint density at radius 2 is 2.05 bits per heavy atom. The topological polar surface area (TPSA) is 50.1 Å². The van der Waals surface area contributed by atoms with Crippen LogP contribution in [0, 0.1) is 11.3 Å². The Balaban J connectivity index is 3.39. The van der Waals surface area contributed by atoms with Gasteiger partial charge in [-0.3, -0.25) is 4.79 Å². The van der Waals surface area contributed by atoms with Crippen molar-refractivity contribution in [2.45, 2.75) is 18.5 Å². The Hall–Kier alpha value is -1.74. The highest BCUT2D eigenvalue weighted by Crippen LogP contribution is 2.34. The molecule has 0 aliphatic heterocycles. The van der Waals surface area contributed by atoms with Crippen molar-refractivity contribution in [2.75, 3.05) is 7.11 Å². The molecule has 0 bridgehead atoms. The zero-order valence-corrected chi connectivity index (χ0v) is 10.6. The summed E-state index contributed by atoms with van der Waals surface area (Å²) >= 11 is 5.61. The van der Waals surface area contributed by atoms with E-state index in [1.165, 1.54) is 6.07 Å². The van der Waals surface area contributed by atoms with Crippen molar-refractivity contribution in [1.29, 1.82) is 5.26 Å². The number of ether oxygens (including phenoxy) is 1. The average molecular weight is 292 g/mol. The van der Waals surface area contributed by atoms with E-state index in [-0.39, 0.29) is 17.9 Å². The molecule has 0 aliphatic rings. The lowest BCUT2D eigenvalue weighted by atomic mass is 9.97. The molecule has 0 saturated carbocycles. The molecule has 0 aliphatic carbocycles. The van der Waals surface area contributed by atoms with Crippen molar-refractivity contribution in [2.24, 2.45) is 0 Å². The van der Waals surface area contributed by atoms with Crippen LogP contribution in [0.1, 0.15) is 22.3 Å². The van der Waals surface area contributed by atoms with Crippen LogP contribution < -0.4 is 0 Å². The summed E-state index contributed by atoms with van der Waals surface area (Å²) < 4.78 is 42.7. The van der Waals surface area contributed by atoms with Crippen LogP contribution in [-0.2, 0) is 28.0 Å². The van der Waals surface area contributed by atoms with Gasteiger partial charge in [-0.05, 0) is 23.3 Å². The summed E-state index contributed by atoms with van der Waals surface area (Å²) in [6.07, 6.45) is -4.99. The molecular weight excluding hydrogens is 283 g/mol. The number of hydrogen-bond donors (Lipinski definition) is 0. The quantitative estimate of drug-likeness (QED) is 0.635. The fraction of sp³-hybridized carbons (Fsp3) is 0.333. The third-order valence-corrected chi connectivity index (χ3v) is 2.76. The van der Waals surface area contributed by atoms with Gasteiger partial charge < -0.3 is 4.74 Å². The second-order valence-electron chi connectivity index (χ2n) is 3.66. The molecule has 1 aromatic rings. The van der Waals surface area contributed by atoms with Crippen molar-refractivity contribution in [3.8, 4) is 6.07 Å². The largest absolute Gasteiger partial charge is 0.469 e. The van der Waals surface area contributed by atoms with Gasteiger partial charge in [-0.1, -0.05) is 0 Å². The van der Waals surface area contributed by atoms with Crippen LogP contribution in [0.25, 0.3) is 0 Å². The smallest absolute Gasteiger partial charge is 0.417 e. The Kier molecular flexibility index (Phi) is 4.78. The molecule has 7 heteroatoms. The number of nitrogens with zero attached hydrogens (tertiary/aromatic N) is 1.